The summed E-state index contributed by atoms with van der Waals surface area (Å²) in [5, 5.41) is 10.9. The summed E-state index contributed by atoms with van der Waals surface area (Å²) >= 11 is 14.0. The van der Waals surface area contributed by atoms with E-state index in [-0.39, 0.29) is 23.3 Å². The molecule has 0 spiro atoms. The van der Waals surface area contributed by atoms with Crippen molar-refractivity contribution in [2.75, 3.05) is 23.0 Å². The zero-order chi connectivity index (χ0) is 27.2. The number of thioether (sulfide) groups is 1. The number of benzene rings is 2. The molecule has 0 unspecified atom stereocenters. The van der Waals surface area contributed by atoms with Gasteiger partial charge < -0.3 is 15.4 Å². The van der Waals surface area contributed by atoms with Gasteiger partial charge in [0.05, 0.1) is 22.8 Å². The quantitative estimate of drug-likeness (QED) is 0.154. The molecule has 9 nitrogen and oxygen atoms in total. The summed E-state index contributed by atoms with van der Waals surface area (Å²) in [6, 6.07) is 7.65. The Kier molecular flexibility index (Phi) is 9.26. The van der Waals surface area contributed by atoms with Crippen LogP contribution in [0.4, 0.5) is 21.6 Å². The van der Waals surface area contributed by atoms with Crippen LogP contribution >= 0.6 is 46.9 Å². The summed E-state index contributed by atoms with van der Waals surface area (Å²) in [6.45, 7) is 3.65. The molecule has 0 bridgehead atoms. The van der Waals surface area contributed by atoms with E-state index in [1.165, 1.54) is 59.2 Å². The van der Waals surface area contributed by atoms with Crippen LogP contribution in [-0.2, 0) is 16.1 Å². The predicted molar refractivity (Wildman–Crippen MR) is 151 cm³/mol. The number of fused-ring (bicyclic) bond motifs is 1. The minimum Gasteiger partial charge on any atom is -0.492 e. The maximum Gasteiger partial charge on any atom is 0.246 e. The second kappa shape index (κ2) is 12.6. The van der Waals surface area contributed by atoms with Crippen LogP contribution in [0, 0.1) is 9.77 Å². The number of amides is 1. The number of nitrogens with one attached hydrogen (secondary N) is 2. The normalized spacial score (nSPS) is 10.9. The van der Waals surface area contributed by atoms with Crippen molar-refractivity contribution in [2.45, 2.75) is 31.2 Å². The Balaban J connectivity index is 1.57. The lowest BCUT2D eigenvalue weighted by atomic mass is 10.1. The molecule has 0 atom stereocenters. The number of carbonyl (C=O) groups is 2. The molecular weight excluding hydrogens is 571 g/mol. The van der Waals surface area contributed by atoms with E-state index in [0.29, 0.717) is 60.9 Å². The Morgan fingerprint density at radius 1 is 1.26 bits per heavy atom. The fourth-order valence-electron chi connectivity index (χ4n) is 3.32. The van der Waals surface area contributed by atoms with Crippen molar-refractivity contribution < 1.29 is 18.7 Å². The smallest absolute Gasteiger partial charge is 0.246 e. The van der Waals surface area contributed by atoms with Crippen LogP contribution < -0.4 is 15.4 Å². The van der Waals surface area contributed by atoms with E-state index in [9.17, 15) is 14.0 Å². The second-order valence-corrected chi connectivity index (χ2v) is 11.3. The number of rotatable bonds is 11. The second-order valence-electron chi connectivity index (χ2n) is 7.91. The highest BCUT2D eigenvalue weighted by Gasteiger charge is 2.16. The molecule has 0 saturated heterocycles. The topological polar surface area (TPSA) is 111 Å². The predicted octanol–water partition coefficient (Wildman–Crippen LogP) is 6.26. The van der Waals surface area contributed by atoms with Gasteiger partial charge in [-0.2, -0.15) is 5.10 Å². The summed E-state index contributed by atoms with van der Waals surface area (Å²) in [5.41, 5.74) is 1.52. The third kappa shape index (κ3) is 7.04. The van der Waals surface area contributed by atoms with Gasteiger partial charge in [0.25, 0.3) is 0 Å². The number of carbonyl (C=O) groups excluding carboxylic acids is 2. The number of nitrogens with zero attached hydrogens (tertiary/aromatic N) is 4. The standard InChI is InChI=1S/C24H22ClFN6O3S3/c1-3-35-20-10-18-15(22(28-12-27-18)29-14-4-5-17(26)16(25)8-14)9-19(20)30-21(34)11-32-24(36)38-23(31-32)37-7-6-13(2)33/h4-5,8-10,12H,3,6-7,11H2,1-2H3,(H,30,34)(H,27,28,29). The maximum atomic E-state index is 13.6. The van der Waals surface area contributed by atoms with E-state index in [0.717, 1.165) is 0 Å². The van der Waals surface area contributed by atoms with Gasteiger partial charge in [0.15, 0.2) is 8.29 Å². The van der Waals surface area contributed by atoms with Crippen LogP contribution in [0.2, 0.25) is 5.02 Å². The first kappa shape index (κ1) is 27.9. The van der Waals surface area contributed by atoms with Crippen molar-refractivity contribution in [2.24, 2.45) is 0 Å². The number of hydrogen-bond acceptors (Lipinski definition) is 10. The molecule has 2 aromatic heterocycles. The van der Waals surface area contributed by atoms with Gasteiger partial charge in [0, 0.05) is 29.3 Å². The molecule has 38 heavy (non-hydrogen) atoms. The molecule has 4 rings (SSSR count). The fraction of sp³-hybridized carbons (Fsp3) is 0.250. The third-order valence-electron chi connectivity index (χ3n) is 5.05. The Labute approximate surface area is 235 Å². The highest BCUT2D eigenvalue weighted by atomic mass is 35.5. The van der Waals surface area contributed by atoms with Crippen LogP contribution in [-0.4, -0.2) is 43.8 Å². The van der Waals surface area contributed by atoms with Gasteiger partial charge in [-0.25, -0.2) is 19.0 Å². The lowest BCUT2D eigenvalue weighted by Gasteiger charge is -2.15. The number of aromatic nitrogens is 4. The molecule has 2 aromatic carbocycles. The summed E-state index contributed by atoms with van der Waals surface area (Å²) in [4.78, 5) is 32.8. The lowest BCUT2D eigenvalue weighted by Crippen LogP contribution is -2.20. The Bertz CT molecular complexity index is 1560. The van der Waals surface area contributed by atoms with Crippen molar-refractivity contribution in [1.29, 1.82) is 0 Å². The monoisotopic (exact) mass is 592 g/mol. The van der Waals surface area contributed by atoms with Gasteiger partial charge in [-0.3, -0.25) is 9.59 Å². The van der Waals surface area contributed by atoms with Gasteiger partial charge in [-0.15, -0.1) is 0 Å². The van der Waals surface area contributed by atoms with E-state index in [1.807, 2.05) is 6.92 Å². The van der Waals surface area contributed by atoms with Gasteiger partial charge in [-0.05, 0) is 50.3 Å². The summed E-state index contributed by atoms with van der Waals surface area (Å²) in [7, 11) is 0. The van der Waals surface area contributed by atoms with E-state index in [4.69, 9.17) is 28.6 Å². The first-order valence-electron chi connectivity index (χ1n) is 11.4. The first-order valence-corrected chi connectivity index (χ1v) is 14.0. The Morgan fingerprint density at radius 2 is 2.08 bits per heavy atom. The molecular formula is C24H22ClFN6O3S3. The van der Waals surface area contributed by atoms with Gasteiger partial charge in [0.2, 0.25) is 5.91 Å². The minimum absolute atomic E-state index is 0.0268. The molecule has 0 aliphatic heterocycles. The van der Waals surface area contributed by atoms with Gasteiger partial charge in [-0.1, -0.05) is 34.7 Å². The lowest BCUT2D eigenvalue weighted by molar-refractivity contribution is -0.117. The number of anilines is 3. The van der Waals surface area contributed by atoms with Crippen molar-refractivity contribution in [1.82, 2.24) is 19.7 Å². The van der Waals surface area contributed by atoms with Crippen molar-refractivity contribution >= 4 is 86.7 Å². The van der Waals surface area contributed by atoms with Crippen molar-refractivity contribution in [3.63, 3.8) is 0 Å². The summed E-state index contributed by atoms with van der Waals surface area (Å²) in [6.07, 6.45) is 1.83. The van der Waals surface area contributed by atoms with Crippen molar-refractivity contribution in [3.8, 4) is 5.75 Å². The van der Waals surface area contributed by atoms with E-state index >= 15 is 0 Å². The number of ketones is 1. The molecule has 1 amide bonds. The molecule has 0 aliphatic rings. The van der Waals surface area contributed by atoms with Gasteiger partial charge >= 0.3 is 0 Å². The van der Waals surface area contributed by atoms with Crippen molar-refractivity contribution in [3.05, 3.63) is 51.5 Å². The number of ether oxygens (including phenoxy) is 1. The Hall–Kier alpha value is -3.13. The number of Topliss-reactive ketones (excluding diaryl/α,β-unsaturated/α-hetero) is 1. The maximum absolute atomic E-state index is 13.6. The molecule has 2 N–H and O–H groups in total. The molecule has 4 aromatic rings. The highest BCUT2D eigenvalue weighted by molar-refractivity contribution is 8.01. The Morgan fingerprint density at radius 3 is 2.82 bits per heavy atom. The number of halogens is 2. The highest BCUT2D eigenvalue weighted by Crippen LogP contribution is 2.34. The minimum atomic E-state index is -0.530. The van der Waals surface area contributed by atoms with Crippen LogP contribution in [0.15, 0.2) is 41.0 Å². The molecule has 198 valence electrons. The largest absolute Gasteiger partial charge is 0.492 e. The molecule has 14 heteroatoms. The molecule has 2 heterocycles. The van der Waals surface area contributed by atoms with Crippen LogP contribution in [0.25, 0.3) is 10.9 Å². The molecule has 0 fully saturated rings. The SMILES string of the molecule is CCOc1cc2ncnc(Nc3ccc(F)c(Cl)c3)c2cc1NC(=O)Cn1nc(SCCC(C)=O)sc1=S. The van der Waals surface area contributed by atoms with E-state index < -0.39 is 5.82 Å². The fourth-order valence-corrected chi connectivity index (χ4v) is 5.94. The molecule has 0 saturated carbocycles. The summed E-state index contributed by atoms with van der Waals surface area (Å²) in [5.74, 6) is 0.684. The number of hydrogen-bond donors (Lipinski definition) is 2. The third-order valence-corrected chi connectivity index (χ3v) is 7.79. The van der Waals surface area contributed by atoms with Crippen LogP contribution in [0.1, 0.15) is 20.3 Å². The average molecular weight is 593 g/mol. The molecule has 0 aliphatic carbocycles. The average Bonchev–Trinajstić information content (AvgIpc) is 3.20. The van der Waals surface area contributed by atoms with Crippen LogP contribution in [0.3, 0.4) is 0 Å². The zero-order valence-corrected chi connectivity index (χ0v) is 23.5. The molecule has 0 radical (unpaired) electrons. The van der Waals surface area contributed by atoms with E-state index in [1.54, 1.807) is 12.1 Å². The first-order chi connectivity index (χ1) is 18.2. The van der Waals surface area contributed by atoms with E-state index in [2.05, 4.69) is 25.7 Å². The van der Waals surface area contributed by atoms with Crippen LogP contribution in [0.5, 0.6) is 5.75 Å². The summed E-state index contributed by atoms with van der Waals surface area (Å²) < 4.78 is 21.9. The zero-order valence-electron chi connectivity index (χ0n) is 20.3. The van der Waals surface area contributed by atoms with Gasteiger partial charge in [0.1, 0.15) is 36.0 Å².